The summed E-state index contributed by atoms with van der Waals surface area (Å²) in [6, 6.07) is 12.2. The second kappa shape index (κ2) is 7.61. The van der Waals surface area contributed by atoms with E-state index in [9.17, 15) is 9.59 Å². The predicted octanol–water partition coefficient (Wildman–Crippen LogP) is 4.09. The summed E-state index contributed by atoms with van der Waals surface area (Å²) in [5.41, 5.74) is 2.52. The van der Waals surface area contributed by atoms with E-state index in [0.717, 1.165) is 5.56 Å². The number of hydrogen-bond acceptors (Lipinski definition) is 3. The molecule has 0 spiro atoms. The molecule has 2 aromatic carbocycles. The van der Waals surface area contributed by atoms with Crippen LogP contribution in [0.2, 0.25) is 5.02 Å². The maximum absolute atomic E-state index is 12.0. The predicted molar refractivity (Wildman–Crippen MR) is 91.6 cm³/mol. The van der Waals surface area contributed by atoms with Crippen molar-refractivity contribution in [1.29, 1.82) is 0 Å². The van der Waals surface area contributed by atoms with E-state index in [1.807, 2.05) is 12.1 Å². The molecule has 0 aliphatic heterocycles. The lowest BCUT2D eigenvalue weighted by Crippen LogP contribution is -2.11. The number of rotatable bonds is 4. The van der Waals surface area contributed by atoms with Gasteiger partial charge in [0.1, 0.15) is 0 Å². The zero-order valence-electron chi connectivity index (χ0n) is 12.8. The van der Waals surface area contributed by atoms with Gasteiger partial charge in [-0.15, -0.1) is 0 Å². The fourth-order valence-electron chi connectivity index (χ4n) is 2.02. The van der Waals surface area contributed by atoms with Crippen molar-refractivity contribution in [1.82, 2.24) is 0 Å². The van der Waals surface area contributed by atoms with Gasteiger partial charge >= 0.3 is 5.97 Å². The fourth-order valence-corrected chi connectivity index (χ4v) is 2.15. The minimum Gasteiger partial charge on any atom is -0.465 e. The molecule has 118 valence electrons. The molecule has 0 aliphatic rings. The van der Waals surface area contributed by atoms with Gasteiger partial charge in [0.2, 0.25) is 5.91 Å². The SMILES string of the molecule is COC(=O)c1cccc(NC(=O)/C=C/c2ccc(Cl)cc2)c1C. The summed E-state index contributed by atoms with van der Waals surface area (Å²) < 4.78 is 4.72. The van der Waals surface area contributed by atoms with Crippen molar-refractivity contribution >= 4 is 35.2 Å². The Balaban J connectivity index is 2.11. The summed E-state index contributed by atoms with van der Waals surface area (Å²) in [4.78, 5) is 23.7. The van der Waals surface area contributed by atoms with Crippen LogP contribution < -0.4 is 5.32 Å². The summed E-state index contributed by atoms with van der Waals surface area (Å²) in [6.45, 7) is 1.75. The Kier molecular flexibility index (Phi) is 5.55. The highest BCUT2D eigenvalue weighted by Crippen LogP contribution is 2.20. The lowest BCUT2D eigenvalue weighted by Gasteiger charge is -2.10. The molecule has 0 bridgehead atoms. The third kappa shape index (κ3) is 4.44. The van der Waals surface area contributed by atoms with Gasteiger partial charge in [0.25, 0.3) is 0 Å². The Morgan fingerprint density at radius 2 is 1.83 bits per heavy atom. The number of hydrogen-bond donors (Lipinski definition) is 1. The van der Waals surface area contributed by atoms with Gasteiger partial charge in [-0.25, -0.2) is 4.79 Å². The number of nitrogens with one attached hydrogen (secondary N) is 1. The summed E-state index contributed by atoms with van der Waals surface area (Å²) in [6.07, 6.45) is 3.11. The van der Waals surface area contributed by atoms with Crippen molar-refractivity contribution < 1.29 is 14.3 Å². The molecule has 2 aromatic rings. The van der Waals surface area contributed by atoms with Crippen LogP contribution in [-0.4, -0.2) is 19.0 Å². The highest BCUT2D eigenvalue weighted by atomic mass is 35.5. The van der Waals surface area contributed by atoms with E-state index < -0.39 is 5.97 Å². The van der Waals surface area contributed by atoms with Crippen LogP contribution in [0, 0.1) is 6.92 Å². The summed E-state index contributed by atoms with van der Waals surface area (Å²) in [5.74, 6) is -0.722. The van der Waals surface area contributed by atoms with Crippen LogP contribution in [0.15, 0.2) is 48.5 Å². The van der Waals surface area contributed by atoms with Gasteiger partial charge in [-0.3, -0.25) is 4.79 Å². The van der Waals surface area contributed by atoms with E-state index in [1.165, 1.54) is 13.2 Å². The summed E-state index contributed by atoms with van der Waals surface area (Å²) in [5, 5.41) is 3.39. The van der Waals surface area contributed by atoms with E-state index in [2.05, 4.69) is 5.32 Å². The number of carbonyl (C=O) groups excluding carboxylic acids is 2. The molecule has 0 radical (unpaired) electrons. The molecule has 0 atom stereocenters. The van der Waals surface area contributed by atoms with E-state index in [-0.39, 0.29) is 5.91 Å². The number of ether oxygens (including phenoxy) is 1. The third-order valence-corrected chi connectivity index (χ3v) is 3.55. The molecule has 23 heavy (non-hydrogen) atoms. The minimum atomic E-state index is -0.435. The molecule has 1 amide bonds. The fraction of sp³-hybridized carbons (Fsp3) is 0.111. The Bertz CT molecular complexity index is 751. The van der Waals surface area contributed by atoms with Crippen molar-refractivity contribution in [3.8, 4) is 0 Å². The lowest BCUT2D eigenvalue weighted by molar-refractivity contribution is -0.111. The Labute approximate surface area is 139 Å². The first-order chi connectivity index (χ1) is 11.0. The number of benzene rings is 2. The maximum atomic E-state index is 12.0. The largest absolute Gasteiger partial charge is 0.465 e. The van der Waals surface area contributed by atoms with Gasteiger partial charge in [-0.1, -0.05) is 29.8 Å². The van der Waals surface area contributed by atoms with Crippen LogP contribution in [-0.2, 0) is 9.53 Å². The molecule has 1 N–H and O–H groups in total. The average Bonchev–Trinajstić information content (AvgIpc) is 2.55. The number of carbonyl (C=O) groups is 2. The summed E-state index contributed by atoms with van der Waals surface area (Å²) >= 11 is 5.81. The molecule has 2 rings (SSSR count). The quantitative estimate of drug-likeness (QED) is 0.679. The van der Waals surface area contributed by atoms with Gasteiger partial charge in [0, 0.05) is 16.8 Å². The van der Waals surface area contributed by atoms with Gasteiger partial charge in [0.15, 0.2) is 0 Å². The zero-order chi connectivity index (χ0) is 16.8. The Morgan fingerprint density at radius 3 is 2.48 bits per heavy atom. The monoisotopic (exact) mass is 329 g/mol. The molecule has 0 saturated heterocycles. The first kappa shape index (κ1) is 16.8. The Hall–Kier alpha value is -2.59. The number of amides is 1. The molecular formula is C18H16ClNO3. The smallest absolute Gasteiger partial charge is 0.338 e. The lowest BCUT2D eigenvalue weighted by atomic mass is 10.1. The first-order valence-corrected chi connectivity index (χ1v) is 7.31. The zero-order valence-corrected chi connectivity index (χ0v) is 13.6. The molecule has 5 heteroatoms. The topological polar surface area (TPSA) is 55.4 Å². The van der Waals surface area contributed by atoms with Gasteiger partial charge in [-0.2, -0.15) is 0 Å². The van der Waals surface area contributed by atoms with Crippen LogP contribution in [0.1, 0.15) is 21.5 Å². The van der Waals surface area contributed by atoms with Crippen molar-refractivity contribution in [3.63, 3.8) is 0 Å². The standard InChI is InChI=1S/C18H16ClNO3/c1-12-15(18(22)23-2)4-3-5-16(12)20-17(21)11-8-13-6-9-14(19)10-7-13/h3-11H,1-2H3,(H,20,21)/b11-8+. The number of esters is 1. The van der Waals surface area contributed by atoms with E-state index in [4.69, 9.17) is 16.3 Å². The van der Waals surface area contributed by atoms with Gasteiger partial charge in [-0.05, 0) is 48.4 Å². The van der Waals surface area contributed by atoms with Crippen molar-refractivity contribution in [3.05, 3.63) is 70.3 Å². The van der Waals surface area contributed by atoms with Crippen LogP contribution in [0.5, 0.6) is 0 Å². The number of methoxy groups -OCH3 is 1. The van der Waals surface area contributed by atoms with Crippen molar-refractivity contribution in [2.24, 2.45) is 0 Å². The first-order valence-electron chi connectivity index (χ1n) is 6.94. The highest BCUT2D eigenvalue weighted by Gasteiger charge is 2.12. The van der Waals surface area contributed by atoms with E-state index in [1.54, 1.807) is 43.3 Å². The number of halogens is 1. The summed E-state index contributed by atoms with van der Waals surface area (Å²) in [7, 11) is 1.32. The molecule has 4 nitrogen and oxygen atoms in total. The van der Waals surface area contributed by atoms with Gasteiger partial charge < -0.3 is 10.1 Å². The minimum absolute atomic E-state index is 0.287. The number of anilines is 1. The molecule has 0 fully saturated rings. The maximum Gasteiger partial charge on any atom is 0.338 e. The molecule has 0 saturated carbocycles. The van der Waals surface area contributed by atoms with E-state index in [0.29, 0.717) is 21.8 Å². The van der Waals surface area contributed by atoms with Crippen LogP contribution in [0.4, 0.5) is 5.69 Å². The van der Waals surface area contributed by atoms with Crippen molar-refractivity contribution in [2.75, 3.05) is 12.4 Å². The van der Waals surface area contributed by atoms with Crippen molar-refractivity contribution in [2.45, 2.75) is 6.92 Å². The highest BCUT2D eigenvalue weighted by molar-refractivity contribution is 6.30. The molecule has 0 aliphatic carbocycles. The Morgan fingerprint density at radius 1 is 1.13 bits per heavy atom. The normalized spacial score (nSPS) is 10.6. The van der Waals surface area contributed by atoms with E-state index >= 15 is 0 Å². The van der Waals surface area contributed by atoms with Crippen LogP contribution >= 0.6 is 11.6 Å². The molecule has 0 heterocycles. The van der Waals surface area contributed by atoms with Crippen LogP contribution in [0.3, 0.4) is 0 Å². The molecular weight excluding hydrogens is 314 g/mol. The second-order valence-electron chi connectivity index (χ2n) is 4.84. The van der Waals surface area contributed by atoms with Gasteiger partial charge in [0.05, 0.1) is 12.7 Å². The molecule has 0 unspecified atom stereocenters. The molecule has 0 aromatic heterocycles. The average molecular weight is 330 g/mol. The third-order valence-electron chi connectivity index (χ3n) is 3.29. The van der Waals surface area contributed by atoms with Crippen LogP contribution in [0.25, 0.3) is 6.08 Å². The second-order valence-corrected chi connectivity index (χ2v) is 5.28.